The second-order valence-electron chi connectivity index (χ2n) is 7.95. The van der Waals surface area contributed by atoms with Gasteiger partial charge in [-0.2, -0.15) is 0 Å². The molecule has 36 heavy (non-hydrogen) atoms. The van der Waals surface area contributed by atoms with Gasteiger partial charge in [-0.1, -0.05) is 45.7 Å². The third kappa shape index (κ3) is 5.80. The quantitative estimate of drug-likeness (QED) is 0.173. The molecule has 0 aromatic heterocycles. The zero-order chi connectivity index (χ0) is 25.7. The minimum absolute atomic E-state index is 0.158. The first kappa shape index (κ1) is 25.5. The maximum absolute atomic E-state index is 13.0. The van der Waals surface area contributed by atoms with E-state index < -0.39 is 11.9 Å². The minimum Gasteiger partial charge on any atom is -0.490 e. The van der Waals surface area contributed by atoms with Crippen LogP contribution in [0.1, 0.15) is 23.6 Å². The Morgan fingerprint density at radius 2 is 1.78 bits per heavy atom. The number of allylic oxidation sites excluding steroid dienone is 1. The lowest BCUT2D eigenvalue weighted by atomic mass is 10.0. The van der Waals surface area contributed by atoms with Crippen LogP contribution in [0.3, 0.4) is 0 Å². The Bertz CT molecular complexity index is 1320. The van der Waals surface area contributed by atoms with Gasteiger partial charge in [-0.3, -0.25) is 4.79 Å². The summed E-state index contributed by atoms with van der Waals surface area (Å²) in [5.41, 5.74) is 3.15. The molecular formula is C28H24BrClN2O4. The van der Waals surface area contributed by atoms with Gasteiger partial charge in [0.2, 0.25) is 0 Å². The second kappa shape index (κ2) is 11.5. The molecule has 1 N–H and O–H groups in total. The predicted molar refractivity (Wildman–Crippen MR) is 145 cm³/mol. The number of imide groups is 1. The highest BCUT2D eigenvalue weighted by Gasteiger charge is 2.35. The molecule has 184 valence electrons. The zero-order valence-electron chi connectivity index (χ0n) is 19.6. The van der Waals surface area contributed by atoms with Crippen LogP contribution in [-0.2, 0) is 17.8 Å². The number of ether oxygens (including phenoxy) is 2. The number of carbonyl (C=O) groups is 2. The highest BCUT2D eigenvalue weighted by atomic mass is 79.9. The number of nitrogens with one attached hydrogen (secondary N) is 1. The van der Waals surface area contributed by atoms with Gasteiger partial charge in [0.15, 0.2) is 11.5 Å². The summed E-state index contributed by atoms with van der Waals surface area (Å²) in [5, 5.41) is 3.17. The maximum atomic E-state index is 13.0. The Morgan fingerprint density at radius 1 is 1.06 bits per heavy atom. The number of anilines is 1. The Morgan fingerprint density at radius 3 is 2.44 bits per heavy atom. The largest absolute Gasteiger partial charge is 0.490 e. The van der Waals surface area contributed by atoms with Gasteiger partial charge >= 0.3 is 6.03 Å². The minimum atomic E-state index is -0.528. The van der Waals surface area contributed by atoms with Crippen molar-refractivity contribution in [1.82, 2.24) is 5.32 Å². The number of benzene rings is 3. The molecule has 3 aromatic carbocycles. The Kier molecular flexibility index (Phi) is 8.13. The number of nitrogens with zero attached hydrogens (tertiary/aromatic N) is 1. The van der Waals surface area contributed by atoms with Gasteiger partial charge in [0, 0.05) is 15.1 Å². The lowest BCUT2D eigenvalue weighted by Gasteiger charge is -2.17. The molecule has 3 aromatic rings. The first-order chi connectivity index (χ1) is 17.4. The van der Waals surface area contributed by atoms with Crippen LogP contribution in [0.4, 0.5) is 10.5 Å². The van der Waals surface area contributed by atoms with Gasteiger partial charge in [0.05, 0.1) is 12.3 Å². The fraction of sp³-hybridized carbons (Fsp3) is 0.143. The van der Waals surface area contributed by atoms with E-state index in [1.807, 2.05) is 37.3 Å². The van der Waals surface area contributed by atoms with Crippen molar-refractivity contribution in [2.45, 2.75) is 20.0 Å². The van der Waals surface area contributed by atoms with E-state index in [0.29, 0.717) is 47.4 Å². The molecule has 1 aliphatic heterocycles. The molecule has 1 heterocycles. The van der Waals surface area contributed by atoms with E-state index in [-0.39, 0.29) is 5.70 Å². The molecule has 6 nitrogen and oxygen atoms in total. The highest BCUT2D eigenvalue weighted by molar-refractivity contribution is 9.10. The van der Waals surface area contributed by atoms with E-state index in [4.69, 9.17) is 21.1 Å². The molecule has 4 rings (SSSR count). The van der Waals surface area contributed by atoms with Crippen molar-refractivity contribution >= 4 is 51.2 Å². The van der Waals surface area contributed by atoms with Gasteiger partial charge in [-0.05, 0) is 79.1 Å². The Labute approximate surface area is 223 Å². The average molecular weight is 568 g/mol. The van der Waals surface area contributed by atoms with Gasteiger partial charge in [0.25, 0.3) is 5.91 Å². The highest BCUT2D eigenvalue weighted by Crippen LogP contribution is 2.36. The average Bonchev–Trinajstić information content (AvgIpc) is 3.13. The third-order valence-corrected chi connectivity index (χ3v) is 6.17. The van der Waals surface area contributed by atoms with E-state index in [9.17, 15) is 9.59 Å². The normalized spacial score (nSPS) is 14.2. The summed E-state index contributed by atoms with van der Waals surface area (Å²) < 4.78 is 13.1. The summed E-state index contributed by atoms with van der Waals surface area (Å²) in [6, 6.07) is 17.6. The number of urea groups is 1. The van der Waals surface area contributed by atoms with E-state index >= 15 is 0 Å². The molecule has 0 spiro atoms. The number of hydrogen-bond donors (Lipinski definition) is 1. The fourth-order valence-electron chi connectivity index (χ4n) is 3.76. The number of carbonyl (C=O) groups excluding carboxylic acids is 2. The second-order valence-corrected chi connectivity index (χ2v) is 9.31. The molecule has 0 radical (unpaired) electrons. The van der Waals surface area contributed by atoms with Crippen molar-refractivity contribution < 1.29 is 19.1 Å². The molecule has 1 aliphatic rings. The van der Waals surface area contributed by atoms with Gasteiger partial charge in [0.1, 0.15) is 12.3 Å². The van der Waals surface area contributed by atoms with Crippen molar-refractivity contribution in [3.05, 3.63) is 105 Å². The van der Waals surface area contributed by atoms with Crippen LogP contribution in [0.2, 0.25) is 5.02 Å². The van der Waals surface area contributed by atoms with Crippen molar-refractivity contribution in [3.8, 4) is 11.5 Å². The maximum Gasteiger partial charge on any atom is 0.333 e. The van der Waals surface area contributed by atoms with Crippen LogP contribution >= 0.6 is 27.5 Å². The number of hydrogen-bond acceptors (Lipinski definition) is 4. The topological polar surface area (TPSA) is 67.9 Å². The summed E-state index contributed by atoms with van der Waals surface area (Å²) in [7, 11) is 0. The summed E-state index contributed by atoms with van der Waals surface area (Å²) in [6.07, 6.45) is 3.94. The Balaban J connectivity index is 1.65. The fourth-order valence-corrected chi connectivity index (χ4v) is 4.15. The first-order valence-corrected chi connectivity index (χ1v) is 12.5. The molecule has 0 bridgehead atoms. The van der Waals surface area contributed by atoms with E-state index in [1.54, 1.807) is 42.5 Å². The Hall–Kier alpha value is -3.55. The molecular weight excluding hydrogens is 544 g/mol. The lowest BCUT2D eigenvalue weighted by molar-refractivity contribution is -0.113. The predicted octanol–water partition coefficient (Wildman–Crippen LogP) is 6.91. The van der Waals surface area contributed by atoms with Crippen LogP contribution in [0.5, 0.6) is 11.5 Å². The van der Waals surface area contributed by atoms with E-state index in [1.165, 1.54) is 0 Å². The number of rotatable bonds is 9. The first-order valence-electron chi connectivity index (χ1n) is 11.3. The van der Waals surface area contributed by atoms with Gasteiger partial charge in [-0.15, -0.1) is 6.58 Å². The van der Waals surface area contributed by atoms with Crippen LogP contribution in [0, 0.1) is 0 Å². The molecule has 8 heteroatoms. The number of amides is 3. The molecule has 3 amide bonds. The summed E-state index contributed by atoms with van der Waals surface area (Å²) in [4.78, 5) is 26.7. The van der Waals surface area contributed by atoms with Crippen molar-refractivity contribution in [2.24, 2.45) is 0 Å². The third-order valence-electron chi connectivity index (χ3n) is 5.39. The summed E-state index contributed by atoms with van der Waals surface area (Å²) >= 11 is 9.38. The monoisotopic (exact) mass is 566 g/mol. The standard InChI is InChI=1S/C28H24BrClN2O4/c1-3-5-20-14-19(15-24-27(33)32(28(34)31-24)23-12-10-22(30)11-13-23)16-25(35-4-2)26(20)36-17-18-6-8-21(29)9-7-18/h3,6-16H,1,4-5,17H2,2H3,(H,31,34)/b24-15+. The lowest BCUT2D eigenvalue weighted by Crippen LogP contribution is -2.30. The molecule has 0 aliphatic carbocycles. The molecule has 1 fully saturated rings. The van der Waals surface area contributed by atoms with Gasteiger partial charge < -0.3 is 14.8 Å². The van der Waals surface area contributed by atoms with E-state index in [2.05, 4.69) is 27.8 Å². The van der Waals surface area contributed by atoms with Crippen LogP contribution in [-0.4, -0.2) is 18.5 Å². The number of halogens is 2. The summed E-state index contributed by atoms with van der Waals surface area (Å²) in [5.74, 6) is 0.708. The molecule has 0 saturated carbocycles. The molecule has 0 atom stereocenters. The van der Waals surface area contributed by atoms with E-state index in [0.717, 1.165) is 20.5 Å². The van der Waals surface area contributed by atoms with Crippen molar-refractivity contribution in [2.75, 3.05) is 11.5 Å². The van der Waals surface area contributed by atoms with Gasteiger partial charge in [-0.25, -0.2) is 9.69 Å². The van der Waals surface area contributed by atoms with Crippen LogP contribution in [0.15, 0.2) is 83.5 Å². The smallest absolute Gasteiger partial charge is 0.333 e. The SMILES string of the molecule is C=CCc1cc(/C=C2/NC(=O)N(c3ccc(Cl)cc3)C2=O)cc(OCC)c1OCc1ccc(Br)cc1. The van der Waals surface area contributed by atoms with Crippen molar-refractivity contribution in [3.63, 3.8) is 0 Å². The zero-order valence-corrected chi connectivity index (χ0v) is 21.9. The van der Waals surface area contributed by atoms with Crippen LogP contribution < -0.4 is 19.7 Å². The van der Waals surface area contributed by atoms with Crippen LogP contribution in [0.25, 0.3) is 6.08 Å². The van der Waals surface area contributed by atoms with Crippen molar-refractivity contribution in [1.29, 1.82) is 0 Å². The molecule has 1 saturated heterocycles. The molecule has 0 unspecified atom stereocenters. The summed E-state index contributed by atoms with van der Waals surface area (Å²) in [6.45, 7) is 6.55.